The molecule has 1 aromatic carbocycles. The lowest BCUT2D eigenvalue weighted by Crippen LogP contribution is -2.33. The Morgan fingerprint density at radius 3 is 2.97 bits per heavy atom. The topological polar surface area (TPSA) is 67.2 Å². The molecule has 2 amide bonds. The van der Waals surface area contributed by atoms with Crippen LogP contribution >= 0.6 is 22.9 Å². The maximum absolute atomic E-state index is 12.7. The van der Waals surface area contributed by atoms with E-state index >= 15 is 0 Å². The monoisotopic (exact) mass is 444 g/mol. The van der Waals surface area contributed by atoms with E-state index in [1.807, 2.05) is 46.8 Å². The predicted molar refractivity (Wildman–Crippen MR) is 121 cm³/mol. The second-order valence-corrected chi connectivity index (χ2v) is 9.07. The minimum atomic E-state index is -0.0876. The molecule has 1 fully saturated rings. The van der Waals surface area contributed by atoms with Crippen molar-refractivity contribution < 1.29 is 9.59 Å². The summed E-state index contributed by atoms with van der Waals surface area (Å²) in [4.78, 5) is 28.2. The molecule has 1 N–H and O–H groups in total. The van der Waals surface area contributed by atoms with E-state index in [4.69, 9.17) is 11.6 Å². The van der Waals surface area contributed by atoms with Gasteiger partial charge in [0.05, 0.1) is 16.3 Å². The van der Waals surface area contributed by atoms with Crippen molar-refractivity contribution in [3.63, 3.8) is 0 Å². The van der Waals surface area contributed by atoms with Gasteiger partial charge in [0.25, 0.3) is 5.91 Å². The number of aryl methyl sites for hydroxylation is 1. The highest BCUT2D eigenvalue weighted by atomic mass is 35.5. The first-order chi connectivity index (χ1) is 14.5. The van der Waals surface area contributed by atoms with Gasteiger partial charge in [0.15, 0.2) is 0 Å². The van der Waals surface area contributed by atoms with E-state index in [9.17, 15) is 9.59 Å². The Morgan fingerprint density at radius 1 is 1.27 bits per heavy atom. The van der Waals surface area contributed by atoms with Gasteiger partial charge in [-0.15, -0.1) is 11.3 Å². The van der Waals surface area contributed by atoms with Gasteiger partial charge in [-0.2, -0.15) is 5.10 Å². The molecule has 6 nitrogen and oxygen atoms in total. The smallest absolute Gasteiger partial charge is 0.261 e. The molecule has 0 saturated carbocycles. The molecule has 0 bridgehead atoms. The van der Waals surface area contributed by atoms with Gasteiger partial charge in [-0.3, -0.25) is 9.59 Å². The molecule has 158 valence electrons. The fourth-order valence-corrected chi connectivity index (χ4v) is 5.06. The summed E-state index contributed by atoms with van der Waals surface area (Å²) < 4.78 is 1.84. The second kappa shape index (κ2) is 9.18. The molecular formula is C22H25ClN4O2S. The lowest BCUT2D eigenvalue weighted by Gasteiger charge is -2.20. The van der Waals surface area contributed by atoms with Crippen molar-refractivity contribution in [2.75, 3.05) is 19.6 Å². The average Bonchev–Trinajstić information content (AvgIpc) is 3.22. The summed E-state index contributed by atoms with van der Waals surface area (Å²) in [5, 5.41) is 9.21. The van der Waals surface area contributed by atoms with Crippen LogP contribution in [-0.2, 0) is 4.79 Å². The number of likely N-dealkylation sites (tertiary alicyclic amines) is 1. The van der Waals surface area contributed by atoms with E-state index in [0.717, 1.165) is 53.8 Å². The number of rotatable bonds is 6. The van der Waals surface area contributed by atoms with Crippen molar-refractivity contribution in [3.05, 3.63) is 45.9 Å². The number of nitrogens with zero attached hydrogens (tertiary/aromatic N) is 3. The zero-order chi connectivity index (χ0) is 21.1. The number of carbonyl (C=O) groups excluding carboxylic acids is 2. The molecule has 4 rings (SSSR count). The molecule has 1 aliphatic rings. The highest BCUT2D eigenvalue weighted by Crippen LogP contribution is 2.31. The second-order valence-electron chi connectivity index (χ2n) is 7.61. The van der Waals surface area contributed by atoms with Crippen LogP contribution in [0.25, 0.3) is 15.9 Å². The van der Waals surface area contributed by atoms with Crippen LogP contribution in [0, 0.1) is 6.92 Å². The molecule has 0 unspecified atom stereocenters. The number of nitrogens with one attached hydrogen (secondary N) is 1. The van der Waals surface area contributed by atoms with E-state index in [0.29, 0.717) is 29.4 Å². The molecule has 0 spiro atoms. The Labute approximate surface area is 184 Å². The fraction of sp³-hybridized carbons (Fsp3) is 0.409. The molecule has 3 aromatic rings. The molecule has 0 radical (unpaired) electrons. The number of carbonyl (C=O) groups is 2. The first-order valence-electron chi connectivity index (χ1n) is 10.3. The lowest BCUT2D eigenvalue weighted by atomic mass is 10.2. The lowest BCUT2D eigenvalue weighted by molar-refractivity contribution is -0.130. The minimum absolute atomic E-state index is 0.0876. The standard InChI is InChI=1S/C22H25ClN4O2S/c1-15-18-14-19(30-22(18)27(25-15)17-8-5-7-16(23)13-17)21(29)24-10-6-12-26-11-4-2-3-9-20(26)28/h5,7-8,13-14H,2-4,6,9-12H2,1H3,(H,24,29). The van der Waals surface area contributed by atoms with Crippen molar-refractivity contribution in [1.82, 2.24) is 20.0 Å². The fourth-order valence-electron chi connectivity index (χ4n) is 3.78. The molecular weight excluding hydrogens is 420 g/mol. The maximum atomic E-state index is 12.7. The number of aromatic nitrogens is 2. The van der Waals surface area contributed by atoms with Crippen molar-refractivity contribution in [2.24, 2.45) is 0 Å². The van der Waals surface area contributed by atoms with Crippen LogP contribution in [0.2, 0.25) is 5.02 Å². The molecule has 2 aromatic heterocycles. The molecule has 30 heavy (non-hydrogen) atoms. The third kappa shape index (κ3) is 4.52. The van der Waals surface area contributed by atoms with E-state index < -0.39 is 0 Å². The number of fused-ring (bicyclic) bond motifs is 1. The molecule has 0 atom stereocenters. The summed E-state index contributed by atoms with van der Waals surface area (Å²) in [5.41, 5.74) is 1.75. The van der Waals surface area contributed by atoms with Crippen LogP contribution in [0.5, 0.6) is 0 Å². The molecule has 1 aliphatic heterocycles. The minimum Gasteiger partial charge on any atom is -0.351 e. The first kappa shape index (κ1) is 20.9. The number of amides is 2. The van der Waals surface area contributed by atoms with Crippen molar-refractivity contribution in [3.8, 4) is 5.69 Å². The van der Waals surface area contributed by atoms with Crippen molar-refractivity contribution >= 4 is 45.0 Å². The van der Waals surface area contributed by atoms with Gasteiger partial charge in [-0.1, -0.05) is 24.1 Å². The number of halogens is 1. The summed E-state index contributed by atoms with van der Waals surface area (Å²) in [6.07, 6.45) is 4.60. The number of hydrogen-bond donors (Lipinski definition) is 1. The van der Waals surface area contributed by atoms with E-state index in [-0.39, 0.29) is 11.8 Å². The predicted octanol–water partition coefficient (Wildman–Crippen LogP) is 4.57. The van der Waals surface area contributed by atoms with E-state index in [1.165, 1.54) is 11.3 Å². The summed E-state index contributed by atoms with van der Waals surface area (Å²) in [5.74, 6) is 0.153. The van der Waals surface area contributed by atoms with Crippen LogP contribution in [0.4, 0.5) is 0 Å². The summed E-state index contributed by atoms with van der Waals surface area (Å²) in [6.45, 7) is 4.03. The average molecular weight is 445 g/mol. The van der Waals surface area contributed by atoms with E-state index in [2.05, 4.69) is 10.4 Å². The largest absolute Gasteiger partial charge is 0.351 e. The zero-order valence-corrected chi connectivity index (χ0v) is 18.6. The maximum Gasteiger partial charge on any atom is 0.261 e. The molecule has 8 heteroatoms. The number of hydrogen-bond acceptors (Lipinski definition) is 4. The Hall–Kier alpha value is -2.38. The van der Waals surface area contributed by atoms with Crippen LogP contribution in [0.15, 0.2) is 30.3 Å². The van der Waals surface area contributed by atoms with Gasteiger partial charge in [0.1, 0.15) is 4.83 Å². The van der Waals surface area contributed by atoms with Crippen LogP contribution < -0.4 is 5.32 Å². The SMILES string of the molecule is Cc1nn(-c2cccc(Cl)c2)c2sc(C(=O)NCCCN3CCCCCC3=O)cc12. The number of benzene rings is 1. The van der Waals surface area contributed by atoms with Gasteiger partial charge in [0, 0.05) is 36.5 Å². The Balaban J connectivity index is 1.40. The van der Waals surface area contributed by atoms with Gasteiger partial charge in [-0.05, 0) is 50.5 Å². The van der Waals surface area contributed by atoms with Gasteiger partial charge >= 0.3 is 0 Å². The Kier molecular flexibility index (Phi) is 6.39. The quantitative estimate of drug-likeness (QED) is 0.566. The van der Waals surface area contributed by atoms with Crippen molar-refractivity contribution in [2.45, 2.75) is 39.0 Å². The Morgan fingerprint density at radius 2 is 2.13 bits per heavy atom. The summed E-state index contributed by atoms with van der Waals surface area (Å²) >= 11 is 7.55. The molecule has 0 aliphatic carbocycles. The third-order valence-electron chi connectivity index (χ3n) is 5.38. The van der Waals surface area contributed by atoms with Crippen LogP contribution in [0.3, 0.4) is 0 Å². The highest BCUT2D eigenvalue weighted by molar-refractivity contribution is 7.20. The number of thiophene rings is 1. The summed E-state index contributed by atoms with van der Waals surface area (Å²) in [6, 6.07) is 9.41. The third-order valence-corrected chi connectivity index (χ3v) is 6.73. The van der Waals surface area contributed by atoms with Crippen LogP contribution in [0.1, 0.15) is 47.5 Å². The van der Waals surface area contributed by atoms with Crippen LogP contribution in [-0.4, -0.2) is 46.1 Å². The molecule has 1 saturated heterocycles. The zero-order valence-electron chi connectivity index (χ0n) is 17.0. The molecule has 3 heterocycles. The van der Waals surface area contributed by atoms with Gasteiger partial charge in [-0.25, -0.2) is 4.68 Å². The normalized spacial score (nSPS) is 14.9. The Bertz CT molecular complexity index is 1070. The van der Waals surface area contributed by atoms with Gasteiger partial charge < -0.3 is 10.2 Å². The highest BCUT2D eigenvalue weighted by Gasteiger charge is 2.18. The first-order valence-corrected chi connectivity index (χ1v) is 11.5. The van der Waals surface area contributed by atoms with Crippen molar-refractivity contribution in [1.29, 1.82) is 0 Å². The summed E-state index contributed by atoms with van der Waals surface area (Å²) in [7, 11) is 0. The van der Waals surface area contributed by atoms with E-state index in [1.54, 1.807) is 0 Å². The van der Waals surface area contributed by atoms with Gasteiger partial charge in [0.2, 0.25) is 5.91 Å².